The number of ketones is 1. The quantitative estimate of drug-likeness (QED) is 0.316. The fraction of sp³-hybridized carbons (Fsp3) is 0.231. The van der Waals surface area contributed by atoms with Gasteiger partial charge in [0, 0.05) is 16.1 Å². The van der Waals surface area contributed by atoms with Gasteiger partial charge in [-0.1, -0.05) is 25.1 Å². The van der Waals surface area contributed by atoms with Crippen LogP contribution in [0.15, 0.2) is 59.5 Å². The Morgan fingerprint density at radius 3 is 2.41 bits per heavy atom. The van der Waals surface area contributed by atoms with Crippen LogP contribution in [0.4, 0.5) is 5.69 Å². The van der Waals surface area contributed by atoms with Crippen molar-refractivity contribution in [2.45, 2.75) is 33.2 Å². The van der Waals surface area contributed by atoms with Crippen LogP contribution in [0.2, 0.25) is 0 Å². The number of benzene rings is 2. The lowest BCUT2D eigenvalue weighted by atomic mass is 9.95. The van der Waals surface area contributed by atoms with Crippen molar-refractivity contribution >= 4 is 34.5 Å². The van der Waals surface area contributed by atoms with Gasteiger partial charge in [0.05, 0.1) is 12.7 Å². The summed E-state index contributed by atoms with van der Waals surface area (Å²) in [5.74, 6) is -0.798. The number of thiophene rings is 1. The minimum atomic E-state index is -0.690. The molecule has 4 rings (SSSR count). The Labute approximate surface area is 191 Å². The second-order valence-corrected chi connectivity index (χ2v) is 8.82. The summed E-state index contributed by atoms with van der Waals surface area (Å²) in [6.45, 7) is 5.78. The summed E-state index contributed by atoms with van der Waals surface area (Å²) in [4.78, 5) is 28.7. The van der Waals surface area contributed by atoms with Crippen molar-refractivity contribution < 1.29 is 19.4 Å². The van der Waals surface area contributed by atoms with Crippen LogP contribution in [-0.2, 0) is 16.0 Å². The molecule has 2 aromatic carbocycles. The number of aliphatic hydroxyl groups excluding tert-OH is 1. The number of nitrogens with zero attached hydrogens (tertiary/aromatic N) is 1. The van der Waals surface area contributed by atoms with Gasteiger partial charge in [0.15, 0.2) is 0 Å². The lowest BCUT2D eigenvalue weighted by molar-refractivity contribution is -0.132. The zero-order valence-electron chi connectivity index (χ0n) is 18.5. The normalized spacial score (nSPS) is 17.8. The zero-order valence-corrected chi connectivity index (χ0v) is 19.3. The van der Waals surface area contributed by atoms with E-state index in [1.54, 1.807) is 13.2 Å². The SMILES string of the molecule is CCc1ccc(N2C(=O)C(=O)/C(=C(\O)c3cc(C)c(OC)cc3C)C2c2cccs2)cc1. The van der Waals surface area contributed by atoms with Crippen LogP contribution in [0.25, 0.3) is 5.76 Å². The molecule has 1 saturated heterocycles. The molecule has 0 spiro atoms. The summed E-state index contributed by atoms with van der Waals surface area (Å²) in [7, 11) is 1.59. The second-order valence-electron chi connectivity index (χ2n) is 7.84. The number of carbonyl (C=O) groups excluding carboxylic acids is 2. The third-order valence-electron chi connectivity index (χ3n) is 5.88. The van der Waals surface area contributed by atoms with Crippen molar-refractivity contribution in [2.24, 2.45) is 0 Å². The van der Waals surface area contributed by atoms with Crippen molar-refractivity contribution in [3.8, 4) is 5.75 Å². The Kier molecular flexibility index (Phi) is 5.89. The second kappa shape index (κ2) is 8.63. The average Bonchev–Trinajstić information content (AvgIpc) is 3.41. The van der Waals surface area contributed by atoms with Crippen LogP contribution in [0.3, 0.4) is 0 Å². The van der Waals surface area contributed by atoms with Crippen molar-refractivity contribution in [1.29, 1.82) is 0 Å². The van der Waals surface area contributed by atoms with E-state index < -0.39 is 17.7 Å². The minimum Gasteiger partial charge on any atom is -0.507 e. The molecule has 164 valence electrons. The van der Waals surface area contributed by atoms with E-state index in [4.69, 9.17) is 4.74 Å². The van der Waals surface area contributed by atoms with Crippen LogP contribution >= 0.6 is 11.3 Å². The Balaban J connectivity index is 1.92. The highest BCUT2D eigenvalue weighted by molar-refractivity contribution is 7.10. The molecule has 1 amide bonds. The van der Waals surface area contributed by atoms with Crippen LogP contribution in [0, 0.1) is 13.8 Å². The molecule has 32 heavy (non-hydrogen) atoms. The average molecular weight is 448 g/mol. The first-order valence-electron chi connectivity index (χ1n) is 10.5. The summed E-state index contributed by atoms with van der Waals surface area (Å²) in [5, 5.41) is 13.2. The lowest BCUT2D eigenvalue weighted by Crippen LogP contribution is -2.29. The van der Waals surface area contributed by atoms with E-state index in [2.05, 4.69) is 6.92 Å². The number of carbonyl (C=O) groups is 2. The zero-order chi connectivity index (χ0) is 23.0. The van der Waals surface area contributed by atoms with E-state index in [1.807, 2.05) is 61.7 Å². The molecule has 6 heteroatoms. The van der Waals surface area contributed by atoms with Crippen molar-refractivity contribution in [2.75, 3.05) is 12.0 Å². The van der Waals surface area contributed by atoms with Gasteiger partial charge in [-0.2, -0.15) is 0 Å². The Bertz CT molecular complexity index is 1210. The minimum absolute atomic E-state index is 0.102. The monoisotopic (exact) mass is 447 g/mol. The van der Waals surface area contributed by atoms with Crippen LogP contribution < -0.4 is 9.64 Å². The highest BCUT2D eigenvalue weighted by Gasteiger charge is 2.47. The molecule has 0 saturated carbocycles. The molecule has 1 aliphatic rings. The van der Waals surface area contributed by atoms with Gasteiger partial charge in [0.25, 0.3) is 11.7 Å². The van der Waals surface area contributed by atoms with Crippen molar-refractivity contribution in [1.82, 2.24) is 0 Å². The predicted octanol–water partition coefficient (Wildman–Crippen LogP) is 5.56. The highest BCUT2D eigenvalue weighted by Crippen LogP contribution is 2.44. The van der Waals surface area contributed by atoms with E-state index >= 15 is 0 Å². The smallest absolute Gasteiger partial charge is 0.300 e. The molecule has 1 aliphatic heterocycles. The van der Waals surface area contributed by atoms with Gasteiger partial charge in [-0.3, -0.25) is 14.5 Å². The number of anilines is 1. The van der Waals surface area contributed by atoms with Crippen LogP contribution in [0.5, 0.6) is 5.75 Å². The number of ether oxygens (including phenoxy) is 1. The molecule has 1 fully saturated rings. The molecular weight excluding hydrogens is 422 g/mol. The standard InChI is InChI=1S/C26H25NO4S/c1-5-17-8-10-18(11-9-17)27-23(21-7-6-12-32-21)22(25(29)26(27)30)24(28)19-13-16(3)20(31-4)14-15(19)2/h6-14,23,28H,5H2,1-4H3/b24-22-. The van der Waals surface area contributed by atoms with Gasteiger partial charge in [0.2, 0.25) is 0 Å². The molecular formula is C26H25NO4S. The molecule has 0 aliphatic carbocycles. The van der Waals surface area contributed by atoms with Crippen molar-refractivity contribution in [3.05, 3.63) is 86.6 Å². The lowest BCUT2D eigenvalue weighted by Gasteiger charge is -2.24. The van der Waals surface area contributed by atoms with Crippen LogP contribution in [0.1, 0.15) is 40.1 Å². The molecule has 1 atom stereocenters. The molecule has 1 N–H and O–H groups in total. The van der Waals surface area contributed by atoms with Crippen molar-refractivity contribution in [3.63, 3.8) is 0 Å². The van der Waals surface area contributed by atoms with Gasteiger partial charge in [-0.05, 0) is 72.7 Å². The number of amides is 1. The van der Waals surface area contributed by atoms with E-state index in [0.29, 0.717) is 17.0 Å². The first-order valence-corrected chi connectivity index (χ1v) is 11.3. The molecule has 0 bridgehead atoms. The maximum Gasteiger partial charge on any atom is 0.300 e. The molecule has 3 aromatic rings. The van der Waals surface area contributed by atoms with E-state index in [1.165, 1.54) is 16.2 Å². The first-order chi connectivity index (χ1) is 15.4. The molecule has 5 nitrogen and oxygen atoms in total. The summed E-state index contributed by atoms with van der Waals surface area (Å²) < 4.78 is 5.37. The third kappa shape index (κ3) is 3.60. The van der Waals surface area contributed by atoms with Crippen LogP contribution in [-0.4, -0.2) is 23.9 Å². The summed E-state index contributed by atoms with van der Waals surface area (Å²) in [5.41, 5.74) is 3.98. The fourth-order valence-electron chi connectivity index (χ4n) is 4.12. The van der Waals surface area contributed by atoms with Gasteiger partial charge >= 0.3 is 0 Å². The summed E-state index contributed by atoms with van der Waals surface area (Å²) >= 11 is 1.45. The van der Waals surface area contributed by atoms with Gasteiger partial charge in [-0.15, -0.1) is 11.3 Å². The fourth-order valence-corrected chi connectivity index (χ4v) is 4.94. The first kappa shape index (κ1) is 21.8. The highest BCUT2D eigenvalue weighted by atomic mass is 32.1. The maximum atomic E-state index is 13.2. The molecule has 0 radical (unpaired) electrons. The Hall–Kier alpha value is -3.38. The number of methoxy groups -OCH3 is 1. The summed E-state index contributed by atoms with van der Waals surface area (Å²) in [6.07, 6.45) is 0.879. The molecule has 2 heterocycles. The van der Waals surface area contributed by atoms with E-state index in [9.17, 15) is 14.7 Å². The number of hydrogen-bond donors (Lipinski definition) is 1. The number of aliphatic hydroxyl groups is 1. The Morgan fingerprint density at radius 1 is 1.09 bits per heavy atom. The number of Topliss-reactive ketones (excluding diaryl/α,β-unsaturated/α-hetero) is 1. The maximum absolute atomic E-state index is 13.2. The number of hydrogen-bond acceptors (Lipinski definition) is 5. The number of aryl methyl sites for hydroxylation is 3. The van der Waals surface area contributed by atoms with Gasteiger partial charge < -0.3 is 9.84 Å². The predicted molar refractivity (Wildman–Crippen MR) is 127 cm³/mol. The Morgan fingerprint density at radius 2 is 1.81 bits per heavy atom. The molecule has 1 aromatic heterocycles. The number of rotatable bonds is 5. The molecule has 1 unspecified atom stereocenters. The summed E-state index contributed by atoms with van der Waals surface area (Å²) in [6, 6.07) is 14.3. The topological polar surface area (TPSA) is 66.8 Å². The largest absolute Gasteiger partial charge is 0.507 e. The third-order valence-corrected chi connectivity index (χ3v) is 6.80. The van der Waals surface area contributed by atoms with Gasteiger partial charge in [0.1, 0.15) is 17.6 Å². The van der Waals surface area contributed by atoms with E-state index in [0.717, 1.165) is 28.0 Å². The van der Waals surface area contributed by atoms with E-state index in [-0.39, 0.29) is 11.3 Å². The van der Waals surface area contributed by atoms with Gasteiger partial charge in [-0.25, -0.2) is 0 Å².